The minimum Gasteiger partial charge on any atom is -0.385 e. The van der Waals surface area contributed by atoms with E-state index < -0.39 is 0 Å². The molecule has 2 heterocycles. The van der Waals surface area contributed by atoms with Gasteiger partial charge in [-0.3, -0.25) is 9.68 Å². The van der Waals surface area contributed by atoms with Crippen molar-refractivity contribution in [2.75, 3.05) is 31.5 Å². The topological polar surface area (TPSA) is 37.0 Å². The minimum atomic E-state index is -0.127. The number of hydroxylamine groups is 4. The summed E-state index contributed by atoms with van der Waals surface area (Å²) in [6, 6.07) is 6.83. The number of benzene rings is 1. The molecule has 0 saturated carbocycles. The van der Waals surface area contributed by atoms with E-state index in [4.69, 9.17) is 9.68 Å². The number of unbranched alkanes of at least 4 members (excludes halogenated alkanes) is 1. The Balaban J connectivity index is 0.00000341. The minimum absolute atomic E-state index is 0. The Morgan fingerprint density at radius 3 is 2.53 bits per heavy atom. The van der Waals surface area contributed by atoms with Gasteiger partial charge in [-0.15, -0.1) is 0 Å². The molecule has 0 atom stereocenters. The monoisotopic (exact) mass is 419 g/mol. The van der Waals surface area contributed by atoms with E-state index in [9.17, 15) is 0 Å². The van der Waals surface area contributed by atoms with Crippen LogP contribution in [0.2, 0.25) is 0 Å². The molecule has 0 unspecified atom stereocenters. The number of anilines is 1. The molecule has 0 aliphatic carbocycles. The predicted molar refractivity (Wildman–Crippen MR) is 126 cm³/mol. The van der Waals surface area contributed by atoms with Crippen molar-refractivity contribution >= 4 is 5.69 Å². The van der Waals surface area contributed by atoms with Gasteiger partial charge in [0, 0.05) is 39.8 Å². The van der Waals surface area contributed by atoms with Gasteiger partial charge in [-0.05, 0) is 89.5 Å². The van der Waals surface area contributed by atoms with Crippen LogP contribution in [0.4, 0.5) is 5.69 Å². The zero-order valence-corrected chi connectivity index (χ0v) is 19.9. The van der Waals surface area contributed by atoms with Crippen molar-refractivity contribution in [2.24, 2.45) is 5.92 Å². The maximum absolute atomic E-state index is 6.04. The lowest BCUT2D eigenvalue weighted by atomic mass is 9.92. The van der Waals surface area contributed by atoms with Gasteiger partial charge in [-0.1, -0.05) is 18.9 Å². The molecule has 1 aromatic rings. The molecule has 2 aliphatic rings. The highest BCUT2D eigenvalue weighted by Crippen LogP contribution is 2.26. The highest BCUT2D eigenvalue weighted by molar-refractivity contribution is 5.49. The lowest BCUT2D eigenvalue weighted by molar-refractivity contribution is -0.236. The highest BCUT2D eigenvalue weighted by atomic mass is 16.7. The number of fused-ring (bicyclic) bond motifs is 1. The van der Waals surface area contributed by atoms with E-state index in [1.54, 1.807) is 0 Å². The summed E-state index contributed by atoms with van der Waals surface area (Å²) in [5, 5.41) is 7.90. The Morgan fingerprint density at radius 1 is 1.07 bits per heavy atom. The zero-order chi connectivity index (χ0) is 21.6. The summed E-state index contributed by atoms with van der Waals surface area (Å²) in [4.78, 5) is 11.8. The normalized spacial score (nSPS) is 19.3. The van der Waals surface area contributed by atoms with Crippen LogP contribution in [0.15, 0.2) is 18.2 Å². The third kappa shape index (κ3) is 7.84. The summed E-state index contributed by atoms with van der Waals surface area (Å²) in [5.74, 6) is 0.874. The lowest BCUT2D eigenvalue weighted by Gasteiger charge is -2.33. The fourth-order valence-electron chi connectivity index (χ4n) is 4.49. The van der Waals surface area contributed by atoms with Gasteiger partial charge in [0.25, 0.3) is 0 Å². The molecule has 0 amide bonds. The first kappa shape index (κ1) is 23.5. The molecule has 1 N–H and O–H groups in total. The summed E-state index contributed by atoms with van der Waals surface area (Å²) in [5.41, 5.74) is 3.99. The first-order chi connectivity index (χ1) is 14.3. The number of rotatable bonds is 9. The first-order valence-corrected chi connectivity index (χ1v) is 12.0. The molecular weight excluding hydrogens is 374 g/mol. The third-order valence-electron chi connectivity index (χ3n) is 5.89. The molecular formula is C25H45N3O2. The summed E-state index contributed by atoms with van der Waals surface area (Å²) >= 11 is 0. The van der Waals surface area contributed by atoms with E-state index in [-0.39, 0.29) is 7.03 Å². The Kier molecular flexibility index (Phi) is 8.58. The van der Waals surface area contributed by atoms with E-state index in [2.05, 4.69) is 68.3 Å². The standard InChI is InChI=1S/C25H43N3O2.H2/c1-20(2)29-27-15-11-21(12-16-27)8-6-7-14-26-24-10-9-23-19-28(30-25(3,4)5)17-13-22(23)18-24;/h9-10,18,20-21,26H,6-8,11-17,19H2,1-5H3;1H. The Hall–Kier alpha value is -1.14. The second-order valence-electron chi connectivity index (χ2n) is 10.2. The molecule has 1 aromatic carbocycles. The zero-order valence-electron chi connectivity index (χ0n) is 19.9. The second kappa shape index (κ2) is 10.9. The van der Waals surface area contributed by atoms with Gasteiger partial charge in [-0.25, -0.2) is 0 Å². The summed E-state index contributed by atoms with van der Waals surface area (Å²) < 4.78 is 0. The lowest BCUT2D eigenvalue weighted by Crippen LogP contribution is -2.37. The number of hydrogen-bond acceptors (Lipinski definition) is 5. The third-order valence-corrected chi connectivity index (χ3v) is 5.89. The quantitative estimate of drug-likeness (QED) is 0.523. The molecule has 5 heteroatoms. The van der Waals surface area contributed by atoms with Crippen LogP contribution in [0.3, 0.4) is 0 Å². The van der Waals surface area contributed by atoms with Gasteiger partial charge in [-0.2, -0.15) is 10.1 Å². The largest absolute Gasteiger partial charge is 0.385 e. The van der Waals surface area contributed by atoms with Crippen LogP contribution < -0.4 is 5.32 Å². The van der Waals surface area contributed by atoms with Crippen LogP contribution in [-0.2, 0) is 22.6 Å². The van der Waals surface area contributed by atoms with E-state index in [0.29, 0.717) is 6.10 Å². The average molecular weight is 420 g/mol. The Morgan fingerprint density at radius 2 is 1.83 bits per heavy atom. The van der Waals surface area contributed by atoms with Crippen LogP contribution in [0.25, 0.3) is 0 Å². The number of piperidine rings is 1. The SMILES string of the molecule is CC(C)ON1CCC(CCCCNc2ccc3c(c2)CCN(OC(C)(C)C)C3)CC1.[HH]. The van der Waals surface area contributed by atoms with Crippen molar-refractivity contribution in [3.63, 3.8) is 0 Å². The molecule has 0 aromatic heterocycles. The van der Waals surface area contributed by atoms with Gasteiger partial charge in [0.2, 0.25) is 0 Å². The van der Waals surface area contributed by atoms with Crippen LogP contribution in [-0.4, -0.2) is 48.0 Å². The maximum Gasteiger partial charge on any atom is 0.0816 e. The molecule has 0 radical (unpaired) electrons. The predicted octanol–water partition coefficient (Wildman–Crippen LogP) is 5.66. The van der Waals surface area contributed by atoms with Gasteiger partial charge >= 0.3 is 0 Å². The first-order valence-electron chi connectivity index (χ1n) is 12.0. The van der Waals surface area contributed by atoms with Crippen molar-refractivity contribution in [2.45, 2.75) is 91.4 Å². The molecule has 2 aliphatic heterocycles. The molecule has 5 nitrogen and oxygen atoms in total. The highest BCUT2D eigenvalue weighted by Gasteiger charge is 2.22. The van der Waals surface area contributed by atoms with E-state index in [0.717, 1.165) is 45.1 Å². The van der Waals surface area contributed by atoms with Crippen molar-refractivity contribution in [1.29, 1.82) is 0 Å². The number of hydrogen-bond donors (Lipinski definition) is 1. The van der Waals surface area contributed by atoms with Crippen molar-refractivity contribution in [3.05, 3.63) is 29.3 Å². The molecule has 3 rings (SSSR count). The molecule has 172 valence electrons. The van der Waals surface area contributed by atoms with Crippen molar-refractivity contribution < 1.29 is 11.1 Å². The molecule has 1 saturated heterocycles. The fourth-order valence-corrected chi connectivity index (χ4v) is 4.49. The van der Waals surface area contributed by atoms with Gasteiger partial charge in [0.05, 0.1) is 11.7 Å². The molecule has 1 fully saturated rings. The molecule has 30 heavy (non-hydrogen) atoms. The summed E-state index contributed by atoms with van der Waals surface area (Å²) in [6.45, 7) is 15.6. The van der Waals surface area contributed by atoms with E-state index in [1.807, 2.05) is 0 Å². The van der Waals surface area contributed by atoms with Gasteiger partial charge in [0.1, 0.15) is 0 Å². The fraction of sp³-hybridized carbons (Fsp3) is 0.760. The number of nitrogens with zero attached hydrogens (tertiary/aromatic N) is 2. The van der Waals surface area contributed by atoms with Crippen LogP contribution in [0.5, 0.6) is 0 Å². The van der Waals surface area contributed by atoms with Crippen molar-refractivity contribution in [3.8, 4) is 0 Å². The van der Waals surface area contributed by atoms with Crippen molar-refractivity contribution in [1.82, 2.24) is 10.1 Å². The average Bonchev–Trinajstić information content (AvgIpc) is 2.67. The van der Waals surface area contributed by atoms with Crippen LogP contribution in [0.1, 0.15) is 79.3 Å². The number of nitrogens with one attached hydrogen (secondary N) is 1. The van der Waals surface area contributed by atoms with Crippen LogP contribution in [0, 0.1) is 5.92 Å². The Labute approximate surface area is 185 Å². The van der Waals surface area contributed by atoms with Gasteiger partial charge < -0.3 is 5.32 Å². The second-order valence-corrected chi connectivity index (χ2v) is 10.2. The summed E-state index contributed by atoms with van der Waals surface area (Å²) in [7, 11) is 0. The Bertz CT molecular complexity index is 655. The van der Waals surface area contributed by atoms with Crippen LogP contribution >= 0.6 is 0 Å². The smallest absolute Gasteiger partial charge is 0.0816 e. The van der Waals surface area contributed by atoms with Gasteiger partial charge in [0.15, 0.2) is 0 Å². The summed E-state index contributed by atoms with van der Waals surface area (Å²) in [6.07, 6.45) is 7.82. The molecule has 0 bridgehead atoms. The molecule has 0 spiro atoms. The maximum atomic E-state index is 6.04. The van der Waals surface area contributed by atoms with E-state index in [1.165, 1.54) is 48.9 Å². The van der Waals surface area contributed by atoms with E-state index >= 15 is 0 Å².